The van der Waals surface area contributed by atoms with Gasteiger partial charge < -0.3 is 9.47 Å². The number of rotatable bonds is 12. The van der Waals surface area contributed by atoms with E-state index in [-0.39, 0.29) is 17.4 Å². The predicted molar refractivity (Wildman–Crippen MR) is 144 cm³/mol. The van der Waals surface area contributed by atoms with E-state index >= 15 is 0 Å². The maximum absolute atomic E-state index is 12.1. The van der Waals surface area contributed by atoms with E-state index in [0.717, 1.165) is 51.4 Å². The van der Waals surface area contributed by atoms with E-state index in [2.05, 4.69) is 32.0 Å². The van der Waals surface area contributed by atoms with Crippen LogP contribution in [-0.2, 0) is 37.3 Å². The lowest BCUT2D eigenvalue weighted by Gasteiger charge is -2.32. The molecule has 4 nitrogen and oxygen atoms in total. The van der Waals surface area contributed by atoms with Crippen LogP contribution in [0.4, 0.5) is 0 Å². The van der Waals surface area contributed by atoms with Gasteiger partial charge in [-0.3, -0.25) is 9.59 Å². The lowest BCUT2D eigenvalue weighted by molar-refractivity contribution is -0.153. The number of fused-ring (bicyclic) bond motifs is 1. The number of hydrogen-bond donors (Lipinski definition) is 0. The van der Waals surface area contributed by atoms with Crippen LogP contribution < -0.4 is 0 Å². The molecule has 0 unspecified atom stereocenters. The first-order chi connectivity index (χ1) is 16.2. The van der Waals surface area contributed by atoms with Crippen LogP contribution in [0.2, 0.25) is 0 Å². The third-order valence-corrected chi connectivity index (χ3v) is 7.05. The summed E-state index contributed by atoms with van der Waals surface area (Å²) in [5.41, 5.74) is 3.74. The maximum atomic E-state index is 12.1. The molecule has 0 fully saturated rings. The normalized spacial score (nSPS) is 15.2. The zero-order valence-corrected chi connectivity index (χ0v) is 23.7. The van der Waals surface area contributed by atoms with Crippen LogP contribution in [0.1, 0.15) is 117 Å². The SMILES string of the molecule is CC(C)Cc1ccc2c(c1)C(CCCCOC(=O)C(C)(C)C)(CCCCOC(=O)C(C)(C)C)CC2. The van der Waals surface area contributed by atoms with Crippen molar-refractivity contribution in [3.05, 3.63) is 34.9 Å². The highest BCUT2D eigenvalue weighted by Crippen LogP contribution is 2.46. The molecule has 0 heterocycles. The molecule has 1 aromatic rings. The standard InChI is InChI=1S/C31H50O4/c1-23(2)21-24-13-14-25-15-18-31(26(25)22-24,16-9-11-19-34-27(32)29(3,4)5)17-10-12-20-35-28(33)30(6,7)8/h13-14,22-23H,9-12,15-21H2,1-8H3. The Bertz CT molecular complexity index is 803. The molecule has 0 bridgehead atoms. The van der Waals surface area contributed by atoms with Gasteiger partial charge in [0.05, 0.1) is 24.0 Å². The second-order valence-corrected chi connectivity index (χ2v) is 13.1. The molecule has 0 N–H and O–H groups in total. The Balaban J connectivity index is 2.03. The minimum absolute atomic E-state index is 0.124. The average molecular weight is 487 g/mol. The number of carbonyl (C=O) groups excluding carboxylic acids is 2. The van der Waals surface area contributed by atoms with E-state index in [1.165, 1.54) is 23.1 Å². The van der Waals surface area contributed by atoms with Gasteiger partial charge in [0.2, 0.25) is 0 Å². The molecule has 0 atom stereocenters. The number of benzene rings is 1. The zero-order valence-electron chi connectivity index (χ0n) is 23.7. The lowest BCUT2D eigenvalue weighted by Crippen LogP contribution is -2.25. The highest BCUT2D eigenvalue weighted by molar-refractivity contribution is 5.75. The molecule has 35 heavy (non-hydrogen) atoms. The van der Waals surface area contributed by atoms with E-state index in [9.17, 15) is 9.59 Å². The molecule has 1 aromatic carbocycles. The van der Waals surface area contributed by atoms with Crippen LogP contribution in [-0.4, -0.2) is 25.2 Å². The first-order valence-electron chi connectivity index (χ1n) is 13.7. The fraction of sp³-hybridized carbons (Fsp3) is 0.742. The minimum Gasteiger partial charge on any atom is -0.465 e. The van der Waals surface area contributed by atoms with Gasteiger partial charge in [0, 0.05) is 0 Å². The van der Waals surface area contributed by atoms with E-state index in [1.807, 2.05) is 41.5 Å². The minimum atomic E-state index is -0.450. The first kappa shape index (κ1) is 29.4. The summed E-state index contributed by atoms with van der Waals surface area (Å²) < 4.78 is 11.0. The van der Waals surface area contributed by atoms with Gasteiger partial charge in [-0.2, -0.15) is 0 Å². The number of carbonyl (C=O) groups is 2. The van der Waals surface area contributed by atoms with E-state index in [0.29, 0.717) is 19.1 Å². The van der Waals surface area contributed by atoms with Crippen LogP contribution in [0.15, 0.2) is 18.2 Å². The molecule has 4 heteroatoms. The molecule has 2 rings (SSSR count). The number of ether oxygens (including phenoxy) is 2. The summed E-state index contributed by atoms with van der Waals surface area (Å²) in [6.45, 7) is 16.9. The van der Waals surface area contributed by atoms with Crippen LogP contribution in [0.5, 0.6) is 0 Å². The van der Waals surface area contributed by atoms with Gasteiger partial charge in [0.1, 0.15) is 0 Å². The van der Waals surface area contributed by atoms with E-state index < -0.39 is 10.8 Å². The summed E-state index contributed by atoms with van der Waals surface area (Å²) in [6, 6.07) is 7.14. The molecule has 1 aliphatic rings. The summed E-state index contributed by atoms with van der Waals surface area (Å²) in [5, 5.41) is 0. The van der Waals surface area contributed by atoms with Crippen molar-refractivity contribution >= 4 is 11.9 Å². The zero-order chi connectivity index (χ0) is 26.3. The second-order valence-electron chi connectivity index (χ2n) is 13.1. The average Bonchev–Trinajstić information content (AvgIpc) is 3.09. The van der Waals surface area contributed by atoms with Gasteiger partial charge in [-0.15, -0.1) is 0 Å². The van der Waals surface area contributed by atoms with Gasteiger partial charge in [0.25, 0.3) is 0 Å². The lowest BCUT2D eigenvalue weighted by atomic mass is 9.73. The largest absolute Gasteiger partial charge is 0.465 e. The molecular weight excluding hydrogens is 436 g/mol. The molecule has 0 amide bonds. The number of hydrogen-bond acceptors (Lipinski definition) is 4. The Hall–Kier alpha value is -1.84. The van der Waals surface area contributed by atoms with Gasteiger partial charge in [-0.1, -0.05) is 32.0 Å². The molecule has 0 saturated carbocycles. The van der Waals surface area contributed by atoms with Crippen molar-refractivity contribution in [1.29, 1.82) is 0 Å². The van der Waals surface area contributed by atoms with Crippen molar-refractivity contribution in [3.8, 4) is 0 Å². The Kier molecular flexibility index (Phi) is 10.4. The van der Waals surface area contributed by atoms with Crippen molar-refractivity contribution in [1.82, 2.24) is 0 Å². The number of esters is 2. The summed E-state index contributed by atoms with van der Waals surface area (Å²) in [4.78, 5) is 24.2. The second kappa shape index (κ2) is 12.4. The van der Waals surface area contributed by atoms with Crippen molar-refractivity contribution in [2.24, 2.45) is 16.7 Å². The smallest absolute Gasteiger partial charge is 0.311 e. The van der Waals surface area contributed by atoms with Gasteiger partial charge in [0.15, 0.2) is 0 Å². The predicted octanol–water partition coefficient (Wildman–Crippen LogP) is 7.59. The molecule has 0 saturated heterocycles. The molecule has 0 spiro atoms. The molecule has 0 radical (unpaired) electrons. The molecule has 0 aliphatic heterocycles. The third-order valence-electron chi connectivity index (χ3n) is 7.05. The fourth-order valence-electron chi connectivity index (χ4n) is 4.98. The summed E-state index contributed by atoms with van der Waals surface area (Å²) in [7, 11) is 0. The Morgan fingerprint density at radius 2 is 1.37 bits per heavy atom. The quantitative estimate of drug-likeness (QED) is 0.226. The van der Waals surface area contributed by atoms with Gasteiger partial charge >= 0.3 is 11.9 Å². The van der Waals surface area contributed by atoms with Crippen LogP contribution in [0, 0.1) is 16.7 Å². The van der Waals surface area contributed by atoms with Crippen molar-refractivity contribution in [2.75, 3.05) is 13.2 Å². The van der Waals surface area contributed by atoms with Crippen LogP contribution >= 0.6 is 0 Å². The highest BCUT2D eigenvalue weighted by Gasteiger charge is 2.38. The van der Waals surface area contributed by atoms with Crippen molar-refractivity contribution in [3.63, 3.8) is 0 Å². The van der Waals surface area contributed by atoms with E-state index in [4.69, 9.17) is 9.47 Å². The summed E-state index contributed by atoms with van der Waals surface area (Å²) >= 11 is 0. The monoisotopic (exact) mass is 486 g/mol. The molecule has 198 valence electrons. The van der Waals surface area contributed by atoms with Crippen molar-refractivity contribution in [2.45, 2.75) is 119 Å². The molecule has 0 aromatic heterocycles. The van der Waals surface area contributed by atoms with Gasteiger partial charge in [-0.05, 0) is 127 Å². The molecule has 1 aliphatic carbocycles. The van der Waals surface area contributed by atoms with Crippen molar-refractivity contribution < 1.29 is 19.1 Å². The Labute approximate surface area is 214 Å². The topological polar surface area (TPSA) is 52.6 Å². The molecular formula is C31H50O4. The fourth-order valence-corrected chi connectivity index (χ4v) is 4.98. The number of unbranched alkanes of at least 4 members (excludes halogenated alkanes) is 2. The van der Waals surface area contributed by atoms with Crippen LogP contribution in [0.3, 0.4) is 0 Å². The third kappa shape index (κ3) is 8.95. The summed E-state index contributed by atoms with van der Waals surface area (Å²) in [6.07, 6.45) is 9.53. The maximum Gasteiger partial charge on any atom is 0.311 e. The summed E-state index contributed by atoms with van der Waals surface area (Å²) in [5.74, 6) is 0.391. The van der Waals surface area contributed by atoms with Gasteiger partial charge in [-0.25, -0.2) is 0 Å². The Morgan fingerprint density at radius 3 is 1.83 bits per heavy atom. The first-order valence-corrected chi connectivity index (χ1v) is 13.7. The Morgan fingerprint density at radius 1 is 0.857 bits per heavy atom. The highest BCUT2D eigenvalue weighted by atomic mass is 16.5. The van der Waals surface area contributed by atoms with E-state index in [1.54, 1.807) is 0 Å². The number of aryl methyl sites for hydroxylation is 1. The van der Waals surface area contributed by atoms with Crippen LogP contribution in [0.25, 0.3) is 0 Å².